The molecule has 5 rings (SSSR count). The van der Waals surface area contributed by atoms with Crippen LogP contribution < -0.4 is 24.8 Å². The van der Waals surface area contributed by atoms with Gasteiger partial charge in [0.25, 0.3) is 0 Å². The number of rotatable bonds is 3. The number of hydrogen-bond donors (Lipinski definition) is 0. The smallest absolute Gasteiger partial charge is 0.0632 e. The number of hydrogen-bond acceptors (Lipinski definition) is 0. The zero-order chi connectivity index (χ0) is 30.5. The summed E-state index contributed by atoms with van der Waals surface area (Å²) in [6, 6.07) is 30.3. The van der Waals surface area contributed by atoms with Crippen LogP contribution >= 0.6 is 0 Å². The largest absolute Gasteiger partial charge is 1.00 e. The molecule has 4 aromatic carbocycles. The van der Waals surface area contributed by atoms with Crippen molar-refractivity contribution in [1.29, 1.82) is 0 Å². The Morgan fingerprint density at radius 1 is 0.837 bits per heavy atom. The molecule has 0 atom stereocenters. The van der Waals surface area contributed by atoms with Gasteiger partial charge in [0.2, 0.25) is 0 Å². The van der Waals surface area contributed by atoms with Gasteiger partial charge in [-0.1, -0.05) is 98.9 Å². The average Bonchev–Trinajstić information content (AvgIpc) is 3.46. The molecule has 0 bridgehead atoms. The first-order valence-electron chi connectivity index (χ1n) is 15.2. The number of benzene rings is 3. The van der Waals surface area contributed by atoms with Crippen LogP contribution in [0.4, 0.5) is 0 Å². The standard InChI is InChI=1S/C21H25.C10H15.C9H10.2ClH.Zr/c1-20(2,3)16-7-9-18-14(12-16)11-15-13-17(21(4,5)6)8-10-19(15)18;1-7(2)10-6-8(3)5-9(10)4;1-2-6-9-7-4-3-5-8-9;;;/h7-10,12H,11H2,1-6H3;5-7H,1-4H3;3-5,7-8H,2H2,1H3;2*1H;/q2*-1;;;;+2/p-2. The van der Waals surface area contributed by atoms with Crippen molar-refractivity contribution >= 4 is 3.21 Å². The van der Waals surface area contributed by atoms with Crippen LogP contribution in [0.5, 0.6) is 0 Å². The molecule has 230 valence electrons. The summed E-state index contributed by atoms with van der Waals surface area (Å²) < 4.78 is 1.55. The van der Waals surface area contributed by atoms with E-state index in [1.807, 2.05) is 0 Å². The molecule has 4 aromatic rings. The summed E-state index contributed by atoms with van der Waals surface area (Å²) in [5.41, 5.74) is 14.4. The summed E-state index contributed by atoms with van der Waals surface area (Å²) in [6.45, 7) is 24.6. The summed E-state index contributed by atoms with van der Waals surface area (Å²) in [7, 11) is 0. The second kappa shape index (κ2) is 16.6. The average molecular weight is 693 g/mol. The van der Waals surface area contributed by atoms with Gasteiger partial charge in [0.1, 0.15) is 0 Å². The maximum absolute atomic E-state index is 3.67. The Hall–Kier alpha value is -1.66. The molecule has 0 amide bonds. The molecule has 1 aliphatic rings. The van der Waals surface area contributed by atoms with Gasteiger partial charge in [-0.05, 0) is 28.4 Å². The van der Waals surface area contributed by atoms with E-state index in [0.29, 0.717) is 5.92 Å². The molecule has 0 unspecified atom stereocenters. The third-order valence-electron chi connectivity index (χ3n) is 7.84. The fraction of sp³-hybridized carbons (Fsp3) is 0.400. The van der Waals surface area contributed by atoms with E-state index in [-0.39, 0.29) is 35.6 Å². The minimum atomic E-state index is 0. The van der Waals surface area contributed by atoms with Crippen molar-refractivity contribution in [2.75, 3.05) is 0 Å². The minimum Gasteiger partial charge on any atom is -1.00 e. The molecule has 0 aromatic heterocycles. The van der Waals surface area contributed by atoms with E-state index in [1.165, 1.54) is 86.3 Å². The Balaban J connectivity index is 0.000000355. The molecule has 0 nitrogen and oxygen atoms in total. The van der Waals surface area contributed by atoms with E-state index in [2.05, 4.69) is 155 Å². The van der Waals surface area contributed by atoms with Gasteiger partial charge in [0.15, 0.2) is 0 Å². The van der Waals surface area contributed by atoms with Crippen LogP contribution in [0.25, 0.3) is 11.1 Å². The van der Waals surface area contributed by atoms with E-state index in [0.717, 1.165) is 6.42 Å². The van der Waals surface area contributed by atoms with Crippen LogP contribution in [0.1, 0.15) is 119 Å². The van der Waals surface area contributed by atoms with Crippen LogP contribution in [0, 0.1) is 19.9 Å². The van der Waals surface area contributed by atoms with E-state index >= 15 is 0 Å². The van der Waals surface area contributed by atoms with Crippen molar-refractivity contribution in [2.24, 2.45) is 0 Å². The summed E-state index contributed by atoms with van der Waals surface area (Å²) in [5, 5.41) is 0. The van der Waals surface area contributed by atoms with E-state index in [4.69, 9.17) is 0 Å². The Bertz CT molecular complexity index is 1400. The number of aryl methyl sites for hydroxylation is 2. The topological polar surface area (TPSA) is 0 Å². The normalized spacial score (nSPS) is 11.6. The van der Waals surface area contributed by atoms with Crippen LogP contribution in [-0.4, -0.2) is 3.21 Å². The second-order valence-electron chi connectivity index (χ2n) is 13.8. The molecule has 0 saturated carbocycles. The second-order valence-corrected chi connectivity index (χ2v) is 15.3. The Morgan fingerprint density at radius 3 is 1.91 bits per heavy atom. The predicted molar refractivity (Wildman–Crippen MR) is 177 cm³/mol. The molecular weight excluding hydrogens is 643 g/mol. The maximum Gasteiger partial charge on any atom is -0.0632 e. The van der Waals surface area contributed by atoms with Crippen molar-refractivity contribution < 1.29 is 49.0 Å². The zero-order valence-electron chi connectivity index (χ0n) is 28.2. The van der Waals surface area contributed by atoms with Gasteiger partial charge >= 0.3 is 76.7 Å². The summed E-state index contributed by atoms with van der Waals surface area (Å²) in [4.78, 5) is 0. The number of fused-ring (bicyclic) bond motifs is 3. The van der Waals surface area contributed by atoms with Crippen LogP contribution in [0.15, 0.2) is 72.8 Å². The monoisotopic (exact) mass is 690 g/mol. The molecule has 0 radical (unpaired) electrons. The quantitative estimate of drug-likeness (QED) is 0.235. The van der Waals surface area contributed by atoms with Crippen LogP contribution in [-0.2, 0) is 41.5 Å². The molecular formula is C40H50Cl2Zr-2. The van der Waals surface area contributed by atoms with E-state index < -0.39 is 0 Å². The summed E-state index contributed by atoms with van der Waals surface area (Å²) >= 11 is 1.54. The maximum atomic E-state index is 3.67. The number of halogens is 2. The third kappa shape index (κ3) is 10.7. The molecule has 0 saturated heterocycles. The van der Waals surface area contributed by atoms with Crippen molar-refractivity contribution in [3.8, 4) is 11.1 Å². The summed E-state index contributed by atoms with van der Waals surface area (Å²) in [6.07, 6.45) is 2.21. The molecule has 0 N–H and O–H groups in total. The fourth-order valence-electron chi connectivity index (χ4n) is 5.32. The van der Waals surface area contributed by atoms with Gasteiger partial charge in [0.05, 0.1) is 0 Å². The molecule has 0 spiro atoms. The van der Waals surface area contributed by atoms with Crippen LogP contribution in [0.3, 0.4) is 0 Å². The van der Waals surface area contributed by atoms with Gasteiger partial charge in [-0.2, -0.15) is 46.5 Å². The minimum absolute atomic E-state index is 0. The Labute approximate surface area is 290 Å². The van der Waals surface area contributed by atoms with Gasteiger partial charge in [-0.25, -0.2) is 6.07 Å². The van der Waals surface area contributed by atoms with E-state index in [1.54, 1.807) is 3.21 Å². The summed E-state index contributed by atoms with van der Waals surface area (Å²) in [5.74, 6) is 0.675. The molecule has 0 fully saturated rings. The van der Waals surface area contributed by atoms with Crippen molar-refractivity contribution in [1.82, 2.24) is 0 Å². The zero-order valence-corrected chi connectivity index (χ0v) is 32.1. The first kappa shape index (κ1) is 39.4. The fourth-order valence-corrected chi connectivity index (χ4v) is 5.73. The van der Waals surface area contributed by atoms with Crippen LogP contribution in [0.2, 0.25) is 0 Å². The Morgan fingerprint density at radius 2 is 1.44 bits per heavy atom. The van der Waals surface area contributed by atoms with Gasteiger partial charge in [0, 0.05) is 0 Å². The molecule has 3 heteroatoms. The van der Waals surface area contributed by atoms with Gasteiger partial charge in [-0.3, -0.25) is 0 Å². The van der Waals surface area contributed by atoms with Gasteiger partial charge in [-0.15, -0.1) is 11.1 Å². The van der Waals surface area contributed by atoms with E-state index in [9.17, 15) is 0 Å². The molecule has 43 heavy (non-hydrogen) atoms. The van der Waals surface area contributed by atoms with Gasteiger partial charge < -0.3 is 24.8 Å². The SMILES string of the molecule is CC(C)(C)c1[c-]c2c(cc1)-c1ccc(C(C)(C)C)cc1C2.CC[C](=[Zr+2])c1ccccc1.Cc1cc(C(C)C)c(C)[cH-]1.[Cl-].[Cl-]. The van der Waals surface area contributed by atoms with Crippen molar-refractivity contribution in [3.05, 3.63) is 123 Å². The van der Waals surface area contributed by atoms with Crippen molar-refractivity contribution in [3.63, 3.8) is 0 Å². The molecule has 0 aliphatic heterocycles. The third-order valence-corrected chi connectivity index (χ3v) is 9.42. The molecule has 0 heterocycles. The van der Waals surface area contributed by atoms with Crippen molar-refractivity contribution in [2.45, 2.75) is 106 Å². The first-order valence-corrected chi connectivity index (χ1v) is 16.4. The Kier molecular flexibility index (Phi) is 15.2. The first-order chi connectivity index (χ1) is 19.1. The predicted octanol–water partition coefficient (Wildman–Crippen LogP) is 4.97. The molecule has 1 aliphatic carbocycles.